The molecule has 0 spiro atoms. The first-order valence-corrected chi connectivity index (χ1v) is 6.18. The Bertz CT molecular complexity index is 254. The Kier molecular flexibility index (Phi) is 3.56. The minimum absolute atomic E-state index is 0.802. The molecule has 0 aliphatic carbocycles. The summed E-state index contributed by atoms with van der Waals surface area (Å²) >= 11 is 1.83. The van der Waals surface area contributed by atoms with Gasteiger partial charge in [0, 0.05) is 11.4 Å². The third-order valence-electron chi connectivity index (χ3n) is 2.96. The minimum Gasteiger partial charge on any atom is -0.316 e. The van der Waals surface area contributed by atoms with Crippen LogP contribution in [0.1, 0.15) is 11.8 Å². The number of thiophene rings is 1. The van der Waals surface area contributed by atoms with Gasteiger partial charge in [0.05, 0.1) is 0 Å². The molecule has 1 aromatic heterocycles. The van der Waals surface area contributed by atoms with E-state index in [1.807, 2.05) is 11.3 Å². The summed E-state index contributed by atoms with van der Waals surface area (Å²) in [6.07, 6.45) is 0. The van der Waals surface area contributed by atoms with Crippen molar-refractivity contribution in [2.45, 2.75) is 13.5 Å². The Morgan fingerprint density at radius 3 is 3.07 bits per heavy atom. The van der Waals surface area contributed by atoms with Crippen LogP contribution in [0.5, 0.6) is 0 Å². The van der Waals surface area contributed by atoms with Crippen LogP contribution in [0.3, 0.4) is 0 Å². The lowest BCUT2D eigenvalue weighted by Gasteiger charge is -2.32. The van der Waals surface area contributed by atoms with Crippen molar-refractivity contribution in [1.82, 2.24) is 10.6 Å². The highest BCUT2D eigenvalue weighted by molar-refractivity contribution is 7.09. The fourth-order valence-electron chi connectivity index (χ4n) is 1.72. The molecule has 2 N–H and O–H groups in total. The standard InChI is InChI=1S/C11H18N2S/c1-9(10-6-13-7-10)5-12-8-11-3-2-4-14-11/h2-4,9-10,12-13H,5-8H2,1H3. The Hall–Kier alpha value is -0.380. The second-order valence-electron chi connectivity index (χ2n) is 4.11. The van der Waals surface area contributed by atoms with E-state index in [1.54, 1.807) is 0 Å². The van der Waals surface area contributed by atoms with Crippen molar-refractivity contribution in [3.8, 4) is 0 Å². The molecule has 0 amide bonds. The molecule has 1 aromatic rings. The van der Waals surface area contributed by atoms with Crippen LogP contribution in [0.15, 0.2) is 17.5 Å². The van der Waals surface area contributed by atoms with Crippen molar-refractivity contribution in [3.63, 3.8) is 0 Å². The fraction of sp³-hybridized carbons (Fsp3) is 0.636. The third kappa shape index (κ3) is 2.56. The molecule has 0 bridgehead atoms. The Morgan fingerprint density at radius 2 is 2.50 bits per heavy atom. The predicted octanol–water partition coefficient (Wildman–Crippen LogP) is 1.69. The van der Waals surface area contributed by atoms with Gasteiger partial charge < -0.3 is 10.6 Å². The van der Waals surface area contributed by atoms with Gasteiger partial charge in [-0.3, -0.25) is 0 Å². The van der Waals surface area contributed by atoms with E-state index in [2.05, 4.69) is 35.1 Å². The molecular formula is C11H18N2S. The van der Waals surface area contributed by atoms with Crippen LogP contribution in [-0.2, 0) is 6.54 Å². The van der Waals surface area contributed by atoms with E-state index in [4.69, 9.17) is 0 Å². The van der Waals surface area contributed by atoms with E-state index in [-0.39, 0.29) is 0 Å². The van der Waals surface area contributed by atoms with Crippen LogP contribution in [-0.4, -0.2) is 19.6 Å². The van der Waals surface area contributed by atoms with Crippen molar-refractivity contribution in [3.05, 3.63) is 22.4 Å². The van der Waals surface area contributed by atoms with E-state index >= 15 is 0 Å². The Labute approximate surface area is 89.7 Å². The van der Waals surface area contributed by atoms with E-state index < -0.39 is 0 Å². The van der Waals surface area contributed by atoms with Crippen LogP contribution in [0.25, 0.3) is 0 Å². The molecule has 1 fully saturated rings. The first-order valence-electron chi connectivity index (χ1n) is 5.30. The first-order chi connectivity index (χ1) is 6.86. The summed E-state index contributed by atoms with van der Waals surface area (Å²) in [6.45, 7) is 6.93. The van der Waals surface area contributed by atoms with Gasteiger partial charge in [0.15, 0.2) is 0 Å². The smallest absolute Gasteiger partial charge is 0.0299 e. The van der Waals surface area contributed by atoms with Gasteiger partial charge in [0.25, 0.3) is 0 Å². The lowest BCUT2D eigenvalue weighted by molar-refractivity contribution is 0.242. The molecule has 0 radical (unpaired) electrons. The monoisotopic (exact) mass is 210 g/mol. The summed E-state index contributed by atoms with van der Waals surface area (Å²) in [5.41, 5.74) is 0. The average molecular weight is 210 g/mol. The summed E-state index contributed by atoms with van der Waals surface area (Å²) in [6, 6.07) is 4.30. The second-order valence-corrected chi connectivity index (χ2v) is 5.14. The van der Waals surface area contributed by atoms with Gasteiger partial charge in [0.2, 0.25) is 0 Å². The third-order valence-corrected chi connectivity index (χ3v) is 3.84. The topological polar surface area (TPSA) is 24.1 Å². The molecule has 3 heteroatoms. The Morgan fingerprint density at radius 1 is 1.64 bits per heavy atom. The SMILES string of the molecule is CC(CNCc1cccs1)C1CNC1. The zero-order valence-corrected chi connectivity index (χ0v) is 9.44. The average Bonchev–Trinajstić information content (AvgIpc) is 2.53. The van der Waals surface area contributed by atoms with Crippen molar-refractivity contribution >= 4 is 11.3 Å². The largest absolute Gasteiger partial charge is 0.316 e. The minimum atomic E-state index is 0.802. The molecule has 0 saturated carbocycles. The summed E-state index contributed by atoms with van der Waals surface area (Å²) in [4.78, 5) is 1.43. The normalized spacial score (nSPS) is 19.2. The number of hydrogen-bond acceptors (Lipinski definition) is 3. The molecule has 0 aromatic carbocycles. The summed E-state index contributed by atoms with van der Waals surface area (Å²) < 4.78 is 0. The van der Waals surface area contributed by atoms with Crippen LogP contribution < -0.4 is 10.6 Å². The molecule has 1 saturated heterocycles. The highest BCUT2D eigenvalue weighted by atomic mass is 32.1. The van der Waals surface area contributed by atoms with Crippen molar-refractivity contribution in [2.24, 2.45) is 11.8 Å². The fourth-order valence-corrected chi connectivity index (χ4v) is 2.39. The summed E-state index contributed by atoms with van der Waals surface area (Å²) in [5.74, 6) is 1.70. The van der Waals surface area contributed by atoms with Crippen LogP contribution in [0, 0.1) is 11.8 Å². The Balaban J connectivity index is 1.62. The maximum atomic E-state index is 3.52. The van der Waals surface area contributed by atoms with Gasteiger partial charge in [0.1, 0.15) is 0 Å². The van der Waals surface area contributed by atoms with Crippen molar-refractivity contribution in [2.75, 3.05) is 19.6 Å². The lowest BCUT2D eigenvalue weighted by atomic mass is 9.89. The van der Waals surface area contributed by atoms with Gasteiger partial charge in [-0.05, 0) is 42.9 Å². The van der Waals surface area contributed by atoms with Gasteiger partial charge in [-0.1, -0.05) is 13.0 Å². The molecule has 1 aliphatic heterocycles. The van der Waals surface area contributed by atoms with Gasteiger partial charge in [-0.25, -0.2) is 0 Å². The highest BCUT2D eigenvalue weighted by Crippen LogP contribution is 2.15. The zero-order chi connectivity index (χ0) is 9.80. The van der Waals surface area contributed by atoms with Gasteiger partial charge >= 0.3 is 0 Å². The van der Waals surface area contributed by atoms with Crippen molar-refractivity contribution < 1.29 is 0 Å². The maximum absolute atomic E-state index is 3.52. The molecule has 2 heterocycles. The van der Waals surface area contributed by atoms with E-state index in [0.29, 0.717) is 0 Å². The number of hydrogen-bond donors (Lipinski definition) is 2. The van der Waals surface area contributed by atoms with Gasteiger partial charge in [-0.15, -0.1) is 11.3 Å². The molecule has 1 aliphatic rings. The van der Waals surface area contributed by atoms with Crippen LogP contribution in [0.2, 0.25) is 0 Å². The quantitative estimate of drug-likeness (QED) is 0.773. The number of rotatable bonds is 5. The highest BCUT2D eigenvalue weighted by Gasteiger charge is 2.22. The molecule has 14 heavy (non-hydrogen) atoms. The molecule has 1 unspecified atom stereocenters. The van der Waals surface area contributed by atoms with Crippen LogP contribution >= 0.6 is 11.3 Å². The summed E-state index contributed by atoms with van der Waals surface area (Å²) in [5, 5.41) is 8.97. The first kappa shape index (κ1) is 10.1. The molecular weight excluding hydrogens is 192 g/mol. The lowest BCUT2D eigenvalue weighted by Crippen LogP contribution is -2.47. The molecule has 78 valence electrons. The molecule has 1 atom stereocenters. The van der Waals surface area contributed by atoms with Crippen molar-refractivity contribution in [1.29, 1.82) is 0 Å². The van der Waals surface area contributed by atoms with Gasteiger partial charge in [-0.2, -0.15) is 0 Å². The molecule has 2 rings (SSSR count). The maximum Gasteiger partial charge on any atom is 0.0299 e. The van der Waals surface area contributed by atoms with E-state index in [9.17, 15) is 0 Å². The zero-order valence-electron chi connectivity index (χ0n) is 8.62. The number of nitrogens with one attached hydrogen (secondary N) is 2. The summed E-state index contributed by atoms with van der Waals surface area (Å²) in [7, 11) is 0. The second kappa shape index (κ2) is 4.91. The van der Waals surface area contributed by atoms with E-state index in [0.717, 1.165) is 24.9 Å². The molecule has 2 nitrogen and oxygen atoms in total. The van der Waals surface area contributed by atoms with Crippen LogP contribution in [0.4, 0.5) is 0 Å². The predicted molar refractivity (Wildman–Crippen MR) is 61.5 cm³/mol. The van der Waals surface area contributed by atoms with E-state index in [1.165, 1.54) is 18.0 Å².